The fourth-order valence-corrected chi connectivity index (χ4v) is 4.94. The number of ether oxygens (including phenoxy) is 1. The van der Waals surface area contributed by atoms with Gasteiger partial charge >= 0.3 is 0 Å². The number of hydrogen-bond acceptors (Lipinski definition) is 3. The molecule has 2 aliphatic carbocycles. The van der Waals surface area contributed by atoms with E-state index in [-0.39, 0.29) is 5.91 Å². The number of carbonyl (C=O) groups is 1. The minimum atomic E-state index is 0.0697. The Balaban J connectivity index is 1.34. The highest BCUT2D eigenvalue weighted by molar-refractivity contribution is 5.99. The van der Waals surface area contributed by atoms with Crippen LogP contribution in [0, 0.1) is 17.8 Å². The zero-order chi connectivity index (χ0) is 16.4. The highest BCUT2D eigenvalue weighted by atomic mass is 16.5. The molecule has 1 aliphatic heterocycles. The Morgan fingerprint density at radius 3 is 2.75 bits per heavy atom. The van der Waals surface area contributed by atoms with Crippen molar-refractivity contribution in [3.63, 3.8) is 0 Å². The van der Waals surface area contributed by atoms with Crippen molar-refractivity contribution in [2.45, 2.75) is 32.1 Å². The molecule has 1 aromatic rings. The molecule has 3 aliphatic rings. The van der Waals surface area contributed by atoms with Crippen LogP contribution < -0.4 is 10.2 Å². The van der Waals surface area contributed by atoms with E-state index in [0.717, 1.165) is 68.3 Å². The van der Waals surface area contributed by atoms with E-state index in [1.807, 2.05) is 18.2 Å². The number of carbonyl (C=O) groups excluding carboxylic acids is 1. The van der Waals surface area contributed by atoms with E-state index in [0.29, 0.717) is 0 Å². The Hall–Kier alpha value is -1.55. The molecule has 2 saturated carbocycles. The lowest BCUT2D eigenvalue weighted by atomic mass is 9.86. The highest BCUT2D eigenvalue weighted by Gasteiger charge is 2.38. The molecule has 24 heavy (non-hydrogen) atoms. The molecule has 4 rings (SSSR count). The van der Waals surface area contributed by atoms with Gasteiger partial charge in [0.2, 0.25) is 0 Å². The Morgan fingerprint density at radius 2 is 2.00 bits per heavy atom. The number of para-hydroxylation sites is 1. The third kappa shape index (κ3) is 3.30. The van der Waals surface area contributed by atoms with Crippen molar-refractivity contribution in [1.29, 1.82) is 0 Å². The molecule has 1 heterocycles. The summed E-state index contributed by atoms with van der Waals surface area (Å²) in [6.07, 6.45) is 6.85. The number of amides is 1. The van der Waals surface area contributed by atoms with Gasteiger partial charge in [0, 0.05) is 25.3 Å². The largest absolute Gasteiger partial charge is 0.378 e. The lowest BCUT2D eigenvalue weighted by Gasteiger charge is -2.30. The summed E-state index contributed by atoms with van der Waals surface area (Å²) in [5.74, 6) is 2.84. The summed E-state index contributed by atoms with van der Waals surface area (Å²) in [6.45, 7) is 4.00. The molecule has 4 heteroatoms. The number of anilines is 1. The van der Waals surface area contributed by atoms with Gasteiger partial charge in [0.05, 0.1) is 18.8 Å². The molecular weight excluding hydrogens is 300 g/mol. The molecule has 1 amide bonds. The van der Waals surface area contributed by atoms with Crippen LogP contribution in [0.3, 0.4) is 0 Å². The molecule has 0 radical (unpaired) electrons. The summed E-state index contributed by atoms with van der Waals surface area (Å²) in [7, 11) is 0. The standard InChI is InChI=1S/C20H28N2O2/c23-20(21-8-7-17-14-15-5-6-16(17)13-15)18-3-1-2-4-19(18)22-9-11-24-12-10-22/h1-4,15-17H,5-14H2,(H,21,23)/t15-,16-,17-/m0/s1. The third-order valence-corrected chi connectivity index (χ3v) is 6.19. The number of fused-ring (bicyclic) bond motifs is 2. The number of nitrogens with zero attached hydrogens (tertiary/aromatic N) is 1. The number of nitrogens with one attached hydrogen (secondary N) is 1. The van der Waals surface area contributed by atoms with E-state index in [1.54, 1.807) is 0 Å². The first-order valence-corrected chi connectivity index (χ1v) is 9.51. The smallest absolute Gasteiger partial charge is 0.253 e. The fourth-order valence-electron chi connectivity index (χ4n) is 4.94. The lowest BCUT2D eigenvalue weighted by Crippen LogP contribution is -2.38. The van der Waals surface area contributed by atoms with Crippen LogP contribution in [0.4, 0.5) is 5.69 Å². The monoisotopic (exact) mass is 328 g/mol. The predicted molar refractivity (Wildman–Crippen MR) is 95.4 cm³/mol. The van der Waals surface area contributed by atoms with Crippen LogP contribution in [-0.4, -0.2) is 38.8 Å². The number of benzene rings is 1. The number of hydrogen-bond donors (Lipinski definition) is 1. The summed E-state index contributed by atoms with van der Waals surface area (Å²) in [5.41, 5.74) is 1.84. The second-order valence-electron chi connectivity index (χ2n) is 7.60. The maximum atomic E-state index is 12.7. The second-order valence-corrected chi connectivity index (χ2v) is 7.60. The van der Waals surface area contributed by atoms with Crippen molar-refractivity contribution in [2.24, 2.45) is 17.8 Å². The molecule has 0 unspecified atom stereocenters. The van der Waals surface area contributed by atoms with E-state index in [1.165, 1.54) is 25.7 Å². The Labute approximate surface area is 144 Å². The maximum Gasteiger partial charge on any atom is 0.253 e. The van der Waals surface area contributed by atoms with Crippen LogP contribution in [-0.2, 0) is 4.74 Å². The Bertz CT molecular complexity index is 583. The van der Waals surface area contributed by atoms with Crippen molar-refractivity contribution in [2.75, 3.05) is 37.7 Å². The van der Waals surface area contributed by atoms with Crippen molar-refractivity contribution in [3.8, 4) is 0 Å². The van der Waals surface area contributed by atoms with Gasteiger partial charge in [-0.2, -0.15) is 0 Å². The quantitative estimate of drug-likeness (QED) is 0.903. The minimum absolute atomic E-state index is 0.0697. The summed E-state index contributed by atoms with van der Waals surface area (Å²) in [5, 5.41) is 3.17. The Kier molecular flexibility index (Phi) is 4.74. The van der Waals surface area contributed by atoms with Gasteiger partial charge < -0.3 is 15.0 Å². The van der Waals surface area contributed by atoms with E-state index in [9.17, 15) is 4.79 Å². The summed E-state index contributed by atoms with van der Waals surface area (Å²) in [4.78, 5) is 14.9. The molecule has 4 nitrogen and oxygen atoms in total. The molecule has 3 fully saturated rings. The molecule has 0 aromatic heterocycles. The topological polar surface area (TPSA) is 41.6 Å². The summed E-state index contributed by atoms with van der Waals surface area (Å²) < 4.78 is 5.43. The zero-order valence-corrected chi connectivity index (χ0v) is 14.4. The van der Waals surface area contributed by atoms with E-state index in [4.69, 9.17) is 4.74 Å². The predicted octanol–water partition coefficient (Wildman–Crippen LogP) is 3.08. The van der Waals surface area contributed by atoms with Gasteiger partial charge in [0.15, 0.2) is 0 Å². The van der Waals surface area contributed by atoms with E-state index >= 15 is 0 Å². The van der Waals surface area contributed by atoms with Crippen molar-refractivity contribution >= 4 is 11.6 Å². The van der Waals surface area contributed by atoms with Crippen LogP contribution in [0.1, 0.15) is 42.5 Å². The maximum absolute atomic E-state index is 12.7. The molecular formula is C20H28N2O2. The summed E-state index contributed by atoms with van der Waals surface area (Å²) >= 11 is 0. The van der Waals surface area contributed by atoms with E-state index in [2.05, 4.69) is 16.3 Å². The van der Waals surface area contributed by atoms with Gasteiger partial charge in [-0.15, -0.1) is 0 Å². The average molecular weight is 328 g/mol. The minimum Gasteiger partial charge on any atom is -0.378 e. The molecule has 1 aromatic carbocycles. The number of rotatable bonds is 5. The Morgan fingerprint density at radius 1 is 1.17 bits per heavy atom. The zero-order valence-electron chi connectivity index (χ0n) is 14.4. The van der Waals surface area contributed by atoms with Crippen LogP contribution in [0.15, 0.2) is 24.3 Å². The lowest BCUT2D eigenvalue weighted by molar-refractivity contribution is 0.0948. The van der Waals surface area contributed by atoms with Crippen molar-refractivity contribution in [1.82, 2.24) is 5.32 Å². The fraction of sp³-hybridized carbons (Fsp3) is 0.650. The van der Waals surface area contributed by atoms with Crippen LogP contribution in [0.5, 0.6) is 0 Å². The molecule has 1 saturated heterocycles. The van der Waals surface area contributed by atoms with E-state index < -0.39 is 0 Å². The van der Waals surface area contributed by atoms with Gasteiger partial charge in [0.25, 0.3) is 5.91 Å². The van der Waals surface area contributed by atoms with Crippen LogP contribution >= 0.6 is 0 Å². The van der Waals surface area contributed by atoms with Gasteiger partial charge in [-0.25, -0.2) is 0 Å². The van der Waals surface area contributed by atoms with Gasteiger partial charge in [-0.05, 0) is 55.6 Å². The first-order valence-electron chi connectivity index (χ1n) is 9.51. The van der Waals surface area contributed by atoms with Crippen LogP contribution in [0.25, 0.3) is 0 Å². The first kappa shape index (κ1) is 15.9. The molecule has 130 valence electrons. The van der Waals surface area contributed by atoms with Gasteiger partial charge in [-0.1, -0.05) is 18.6 Å². The number of morpholine rings is 1. The first-order chi connectivity index (χ1) is 11.8. The van der Waals surface area contributed by atoms with Gasteiger partial charge in [-0.3, -0.25) is 4.79 Å². The molecule has 1 N–H and O–H groups in total. The normalized spacial score (nSPS) is 29.0. The highest BCUT2D eigenvalue weighted by Crippen LogP contribution is 2.49. The molecule has 3 atom stereocenters. The second kappa shape index (κ2) is 7.14. The SMILES string of the molecule is O=C(NCC[C@H]1C[C@H]2CC[C@H]1C2)c1ccccc1N1CCOCC1. The van der Waals surface area contributed by atoms with Crippen LogP contribution in [0.2, 0.25) is 0 Å². The average Bonchev–Trinajstić information content (AvgIpc) is 3.25. The molecule has 2 bridgehead atoms. The van der Waals surface area contributed by atoms with Crippen molar-refractivity contribution < 1.29 is 9.53 Å². The summed E-state index contributed by atoms with van der Waals surface area (Å²) in [6, 6.07) is 7.96. The van der Waals surface area contributed by atoms with Gasteiger partial charge in [0.1, 0.15) is 0 Å². The third-order valence-electron chi connectivity index (χ3n) is 6.19. The van der Waals surface area contributed by atoms with Crippen molar-refractivity contribution in [3.05, 3.63) is 29.8 Å². The molecule has 0 spiro atoms.